The quantitative estimate of drug-likeness (QED) is 0.568. The number of hydrogen-bond acceptors (Lipinski definition) is 3. The number of nitro benzene ring substituents is 1. The second-order valence-electron chi connectivity index (χ2n) is 2.50. The van der Waals surface area contributed by atoms with Crippen molar-refractivity contribution in [2.45, 2.75) is 0 Å². The number of benzene rings is 1. The standard InChI is InChI=1S/C7H4BrN3O2/c8-10-7-3-6(11(12)13)2-1-5(7)4-9-10/h1-4H. The van der Waals surface area contributed by atoms with Crippen molar-refractivity contribution in [2.75, 3.05) is 0 Å². The number of nitrogens with zero attached hydrogens (tertiary/aromatic N) is 3. The second kappa shape index (κ2) is 2.81. The van der Waals surface area contributed by atoms with Crippen LogP contribution in [0.4, 0.5) is 5.69 Å². The third kappa shape index (κ3) is 1.29. The van der Waals surface area contributed by atoms with Crippen molar-refractivity contribution in [1.82, 2.24) is 8.81 Å². The predicted octanol–water partition coefficient (Wildman–Crippen LogP) is 2.10. The molecule has 66 valence electrons. The lowest BCUT2D eigenvalue weighted by atomic mass is 10.2. The van der Waals surface area contributed by atoms with E-state index in [1.165, 1.54) is 15.8 Å². The van der Waals surface area contributed by atoms with Gasteiger partial charge in [0.1, 0.15) is 0 Å². The number of rotatable bonds is 1. The monoisotopic (exact) mass is 241 g/mol. The molecule has 2 rings (SSSR count). The van der Waals surface area contributed by atoms with Crippen LogP contribution in [-0.4, -0.2) is 13.7 Å². The van der Waals surface area contributed by atoms with Gasteiger partial charge in [0.2, 0.25) is 0 Å². The molecule has 6 heteroatoms. The number of nitro groups is 1. The predicted molar refractivity (Wildman–Crippen MR) is 50.7 cm³/mol. The minimum absolute atomic E-state index is 0.0636. The van der Waals surface area contributed by atoms with Gasteiger partial charge in [-0.25, -0.2) is 0 Å². The highest BCUT2D eigenvalue weighted by atomic mass is 79.9. The second-order valence-corrected chi connectivity index (χ2v) is 3.18. The smallest absolute Gasteiger partial charge is 0.258 e. The fourth-order valence-electron chi connectivity index (χ4n) is 1.09. The fraction of sp³-hybridized carbons (Fsp3) is 0. The van der Waals surface area contributed by atoms with E-state index >= 15 is 0 Å². The fourth-order valence-corrected chi connectivity index (χ4v) is 1.49. The van der Waals surface area contributed by atoms with E-state index < -0.39 is 4.92 Å². The summed E-state index contributed by atoms with van der Waals surface area (Å²) in [6.45, 7) is 0. The third-order valence-electron chi connectivity index (χ3n) is 1.72. The number of non-ortho nitro benzene ring substituents is 1. The lowest BCUT2D eigenvalue weighted by Gasteiger charge is -1.92. The van der Waals surface area contributed by atoms with Crippen LogP contribution in [-0.2, 0) is 0 Å². The van der Waals surface area contributed by atoms with Crippen LogP contribution in [0.25, 0.3) is 10.9 Å². The Kier molecular flexibility index (Phi) is 1.77. The SMILES string of the molecule is O=[N+]([O-])c1ccc2cnn(Br)c2c1. The van der Waals surface area contributed by atoms with E-state index in [0.717, 1.165) is 5.39 Å². The van der Waals surface area contributed by atoms with Crippen molar-refractivity contribution in [3.05, 3.63) is 34.5 Å². The molecular formula is C7H4BrN3O2. The minimum atomic E-state index is -0.431. The molecule has 1 aromatic heterocycles. The molecule has 0 amide bonds. The zero-order chi connectivity index (χ0) is 9.42. The molecule has 0 bridgehead atoms. The first kappa shape index (κ1) is 8.18. The van der Waals surface area contributed by atoms with Gasteiger partial charge in [-0.05, 0) is 6.07 Å². The molecule has 0 N–H and O–H groups in total. The van der Waals surface area contributed by atoms with Gasteiger partial charge >= 0.3 is 0 Å². The highest BCUT2D eigenvalue weighted by molar-refractivity contribution is 9.08. The number of aromatic nitrogens is 2. The van der Waals surface area contributed by atoms with E-state index in [-0.39, 0.29) is 5.69 Å². The van der Waals surface area contributed by atoms with E-state index in [9.17, 15) is 10.1 Å². The summed E-state index contributed by atoms with van der Waals surface area (Å²) in [5.41, 5.74) is 0.753. The van der Waals surface area contributed by atoms with E-state index in [0.29, 0.717) is 5.52 Å². The van der Waals surface area contributed by atoms with E-state index in [2.05, 4.69) is 21.2 Å². The van der Waals surface area contributed by atoms with Crippen LogP contribution in [0.3, 0.4) is 0 Å². The molecule has 1 heterocycles. The average Bonchev–Trinajstić information content (AvgIpc) is 2.47. The first-order valence-corrected chi connectivity index (χ1v) is 4.18. The van der Waals surface area contributed by atoms with Gasteiger partial charge in [-0.3, -0.25) is 10.1 Å². The highest BCUT2D eigenvalue weighted by Crippen LogP contribution is 2.21. The van der Waals surface area contributed by atoms with Gasteiger partial charge in [-0.15, -0.1) is 0 Å². The molecule has 1 aromatic carbocycles. The number of halogens is 1. The average molecular weight is 242 g/mol. The van der Waals surface area contributed by atoms with Gasteiger partial charge in [-0.2, -0.15) is 8.81 Å². The summed E-state index contributed by atoms with van der Waals surface area (Å²) in [5, 5.41) is 15.2. The molecule has 5 nitrogen and oxygen atoms in total. The minimum Gasteiger partial charge on any atom is -0.258 e. The maximum Gasteiger partial charge on any atom is 0.271 e. The van der Waals surface area contributed by atoms with Crippen LogP contribution in [0.2, 0.25) is 0 Å². The van der Waals surface area contributed by atoms with Crippen LogP contribution in [0.5, 0.6) is 0 Å². The van der Waals surface area contributed by atoms with Gasteiger partial charge in [0, 0.05) is 17.5 Å². The summed E-state index contributed by atoms with van der Waals surface area (Å²) < 4.78 is 1.43. The molecule has 0 aliphatic rings. The number of fused-ring (bicyclic) bond motifs is 1. The molecule has 0 aliphatic heterocycles. The lowest BCUT2D eigenvalue weighted by Crippen LogP contribution is -1.87. The van der Waals surface area contributed by atoms with Crippen molar-refractivity contribution in [3.8, 4) is 0 Å². The maximum absolute atomic E-state index is 10.4. The number of hydrogen-bond donors (Lipinski definition) is 0. The van der Waals surface area contributed by atoms with Crippen molar-refractivity contribution in [2.24, 2.45) is 0 Å². The van der Waals surface area contributed by atoms with Crippen LogP contribution < -0.4 is 0 Å². The van der Waals surface area contributed by atoms with Crippen LogP contribution in [0.15, 0.2) is 24.4 Å². The Morgan fingerprint density at radius 2 is 2.31 bits per heavy atom. The highest BCUT2D eigenvalue weighted by Gasteiger charge is 2.08. The van der Waals surface area contributed by atoms with Crippen LogP contribution in [0, 0.1) is 10.1 Å². The Bertz CT molecular complexity index is 480. The van der Waals surface area contributed by atoms with Gasteiger partial charge in [0.15, 0.2) is 0 Å². The van der Waals surface area contributed by atoms with Crippen molar-refractivity contribution < 1.29 is 4.92 Å². The van der Waals surface area contributed by atoms with Crippen molar-refractivity contribution >= 4 is 32.7 Å². The Labute approximate surface area is 81.5 Å². The van der Waals surface area contributed by atoms with Crippen molar-refractivity contribution in [3.63, 3.8) is 0 Å². The van der Waals surface area contributed by atoms with Crippen LogP contribution >= 0.6 is 16.1 Å². The third-order valence-corrected chi connectivity index (χ3v) is 2.29. The summed E-state index contributed by atoms with van der Waals surface area (Å²) in [7, 11) is 0. The molecule has 13 heavy (non-hydrogen) atoms. The molecule has 0 aliphatic carbocycles. The summed E-state index contributed by atoms with van der Waals surface area (Å²) >= 11 is 3.13. The van der Waals surface area contributed by atoms with Gasteiger partial charge in [0.05, 0.1) is 32.8 Å². The van der Waals surface area contributed by atoms with Crippen LogP contribution in [0.1, 0.15) is 0 Å². The molecule has 0 saturated heterocycles. The van der Waals surface area contributed by atoms with Gasteiger partial charge in [-0.1, -0.05) is 0 Å². The molecular weight excluding hydrogens is 238 g/mol. The summed E-state index contributed by atoms with van der Waals surface area (Å²) in [6, 6.07) is 4.59. The Morgan fingerprint density at radius 1 is 1.54 bits per heavy atom. The van der Waals surface area contributed by atoms with E-state index in [1.807, 2.05) is 0 Å². The maximum atomic E-state index is 10.4. The van der Waals surface area contributed by atoms with Gasteiger partial charge < -0.3 is 0 Å². The Hall–Kier alpha value is -1.43. The molecule has 0 unspecified atom stereocenters. The summed E-state index contributed by atoms with van der Waals surface area (Å²) in [5.74, 6) is 0. The Morgan fingerprint density at radius 3 is 3.00 bits per heavy atom. The largest absolute Gasteiger partial charge is 0.271 e. The zero-order valence-corrected chi connectivity index (χ0v) is 7.93. The normalized spacial score (nSPS) is 10.5. The summed E-state index contributed by atoms with van der Waals surface area (Å²) in [6.07, 6.45) is 1.63. The summed E-state index contributed by atoms with van der Waals surface area (Å²) in [4.78, 5) is 10.0. The molecule has 0 atom stereocenters. The topological polar surface area (TPSA) is 61.0 Å². The molecule has 0 saturated carbocycles. The van der Waals surface area contributed by atoms with E-state index in [4.69, 9.17) is 0 Å². The first-order chi connectivity index (χ1) is 6.18. The first-order valence-electron chi connectivity index (χ1n) is 3.47. The zero-order valence-electron chi connectivity index (χ0n) is 6.35. The lowest BCUT2D eigenvalue weighted by molar-refractivity contribution is -0.384. The molecule has 2 aromatic rings. The molecule has 0 spiro atoms. The van der Waals surface area contributed by atoms with Crippen molar-refractivity contribution in [1.29, 1.82) is 0 Å². The molecule has 0 radical (unpaired) electrons. The molecule has 0 fully saturated rings. The Balaban J connectivity index is 2.72. The van der Waals surface area contributed by atoms with Gasteiger partial charge in [0.25, 0.3) is 5.69 Å². The van der Waals surface area contributed by atoms with E-state index in [1.54, 1.807) is 12.3 Å².